The Bertz CT molecular complexity index is 588. The first-order valence-corrected chi connectivity index (χ1v) is 7.16. The van der Waals surface area contributed by atoms with Crippen molar-refractivity contribution in [3.05, 3.63) is 47.5 Å². The maximum Gasteiger partial charge on any atom is 0.167 e. The molecule has 2 aromatic rings. The summed E-state index contributed by atoms with van der Waals surface area (Å²) in [5, 5.41) is 4.53. The minimum absolute atomic E-state index is 0.289. The van der Waals surface area contributed by atoms with E-state index in [1.165, 1.54) is 25.7 Å². The summed E-state index contributed by atoms with van der Waals surface area (Å²) in [7, 11) is 0. The molecule has 0 spiro atoms. The standard InChI is InChI=1S/C16H19FN2O/c1-12-5-4-8-15(16(12)17)20-11-13-9-10-19(18-13)14-6-2-3-7-14/h4-5,8-10,14H,2-3,6-7,11H2,1H3. The minimum Gasteiger partial charge on any atom is -0.484 e. The third kappa shape index (κ3) is 2.69. The Morgan fingerprint density at radius 1 is 1.30 bits per heavy atom. The van der Waals surface area contributed by atoms with Crippen molar-refractivity contribution in [2.45, 2.75) is 45.3 Å². The zero-order valence-electron chi connectivity index (χ0n) is 11.7. The van der Waals surface area contributed by atoms with Gasteiger partial charge in [0.25, 0.3) is 0 Å². The van der Waals surface area contributed by atoms with Gasteiger partial charge in [0.05, 0.1) is 11.7 Å². The first-order chi connectivity index (χ1) is 9.74. The van der Waals surface area contributed by atoms with Gasteiger partial charge < -0.3 is 4.74 Å². The van der Waals surface area contributed by atoms with Crippen LogP contribution in [0.15, 0.2) is 30.5 Å². The van der Waals surface area contributed by atoms with E-state index in [0.29, 0.717) is 24.0 Å². The zero-order chi connectivity index (χ0) is 13.9. The Labute approximate surface area is 118 Å². The average Bonchev–Trinajstić information content (AvgIpc) is 3.10. The SMILES string of the molecule is Cc1cccc(OCc2ccn(C3CCCC3)n2)c1F. The Hall–Kier alpha value is -1.84. The van der Waals surface area contributed by atoms with Gasteiger partial charge in [-0.2, -0.15) is 5.10 Å². The first kappa shape index (κ1) is 13.2. The Kier molecular flexibility index (Phi) is 3.72. The van der Waals surface area contributed by atoms with E-state index >= 15 is 0 Å². The molecule has 4 heteroatoms. The van der Waals surface area contributed by atoms with Crippen LogP contribution in [0, 0.1) is 12.7 Å². The monoisotopic (exact) mass is 274 g/mol. The lowest BCUT2D eigenvalue weighted by Crippen LogP contribution is -2.06. The summed E-state index contributed by atoms with van der Waals surface area (Å²) >= 11 is 0. The highest BCUT2D eigenvalue weighted by atomic mass is 19.1. The predicted octanol–water partition coefficient (Wildman–Crippen LogP) is 4.02. The molecular formula is C16H19FN2O. The van der Waals surface area contributed by atoms with E-state index in [9.17, 15) is 4.39 Å². The number of ether oxygens (including phenoxy) is 1. The van der Waals surface area contributed by atoms with Crippen LogP contribution in [0.25, 0.3) is 0 Å². The smallest absolute Gasteiger partial charge is 0.167 e. The molecular weight excluding hydrogens is 255 g/mol. The third-order valence-corrected chi connectivity index (χ3v) is 3.89. The first-order valence-electron chi connectivity index (χ1n) is 7.16. The number of halogens is 1. The molecule has 0 amide bonds. The molecule has 0 saturated heterocycles. The number of rotatable bonds is 4. The quantitative estimate of drug-likeness (QED) is 0.841. The molecule has 1 aliphatic carbocycles. The van der Waals surface area contributed by atoms with Crippen LogP contribution >= 0.6 is 0 Å². The highest BCUT2D eigenvalue weighted by Crippen LogP contribution is 2.28. The van der Waals surface area contributed by atoms with Crippen LogP contribution in [0.5, 0.6) is 5.75 Å². The lowest BCUT2D eigenvalue weighted by atomic mass is 10.2. The molecule has 0 unspecified atom stereocenters. The summed E-state index contributed by atoms with van der Waals surface area (Å²) in [5.74, 6) is 0.00291. The molecule has 1 aromatic heterocycles. The predicted molar refractivity (Wildman–Crippen MR) is 75.2 cm³/mol. The van der Waals surface area contributed by atoms with Gasteiger partial charge in [-0.1, -0.05) is 25.0 Å². The van der Waals surface area contributed by atoms with Gasteiger partial charge >= 0.3 is 0 Å². The Balaban J connectivity index is 1.65. The van der Waals surface area contributed by atoms with Gasteiger partial charge in [0, 0.05) is 6.20 Å². The highest BCUT2D eigenvalue weighted by Gasteiger charge is 2.17. The van der Waals surface area contributed by atoms with Gasteiger partial charge in [0.1, 0.15) is 6.61 Å². The fourth-order valence-electron chi connectivity index (χ4n) is 2.71. The van der Waals surface area contributed by atoms with E-state index in [1.54, 1.807) is 25.1 Å². The van der Waals surface area contributed by atoms with Crippen molar-refractivity contribution in [3.63, 3.8) is 0 Å². The molecule has 0 radical (unpaired) electrons. The van der Waals surface area contributed by atoms with Gasteiger partial charge in [-0.3, -0.25) is 4.68 Å². The fourth-order valence-corrected chi connectivity index (χ4v) is 2.71. The topological polar surface area (TPSA) is 27.1 Å². The second kappa shape index (κ2) is 5.65. The van der Waals surface area contributed by atoms with E-state index in [4.69, 9.17) is 4.74 Å². The zero-order valence-corrected chi connectivity index (χ0v) is 11.7. The molecule has 106 valence electrons. The van der Waals surface area contributed by atoms with Crippen LogP contribution in [0.2, 0.25) is 0 Å². The fraction of sp³-hybridized carbons (Fsp3) is 0.438. The summed E-state index contributed by atoms with van der Waals surface area (Å²) in [6.07, 6.45) is 6.97. The van der Waals surface area contributed by atoms with E-state index < -0.39 is 0 Å². The van der Waals surface area contributed by atoms with Crippen molar-refractivity contribution in [2.24, 2.45) is 0 Å². The molecule has 3 nitrogen and oxygen atoms in total. The van der Waals surface area contributed by atoms with Crippen LogP contribution < -0.4 is 4.74 Å². The molecule has 0 N–H and O–H groups in total. The van der Waals surface area contributed by atoms with Crippen LogP contribution in [0.1, 0.15) is 43.0 Å². The molecule has 0 atom stereocenters. The Morgan fingerprint density at radius 3 is 2.90 bits per heavy atom. The number of hydrogen-bond donors (Lipinski definition) is 0. The van der Waals surface area contributed by atoms with Crippen molar-refractivity contribution >= 4 is 0 Å². The highest BCUT2D eigenvalue weighted by molar-refractivity contribution is 5.30. The lowest BCUT2D eigenvalue weighted by molar-refractivity contribution is 0.282. The number of benzene rings is 1. The van der Waals surface area contributed by atoms with Crippen molar-refractivity contribution in [1.29, 1.82) is 0 Å². The summed E-state index contributed by atoms with van der Waals surface area (Å²) in [6, 6.07) is 7.66. The minimum atomic E-state index is -0.289. The van der Waals surface area contributed by atoms with Crippen molar-refractivity contribution in [3.8, 4) is 5.75 Å². The van der Waals surface area contributed by atoms with Gasteiger partial charge in [-0.25, -0.2) is 4.39 Å². The normalized spacial score (nSPS) is 15.7. The molecule has 1 aromatic carbocycles. The lowest BCUT2D eigenvalue weighted by Gasteiger charge is -2.09. The second-order valence-corrected chi connectivity index (χ2v) is 5.40. The number of aryl methyl sites for hydroxylation is 1. The molecule has 1 heterocycles. The van der Waals surface area contributed by atoms with Crippen LogP contribution in [0.4, 0.5) is 4.39 Å². The van der Waals surface area contributed by atoms with E-state index in [0.717, 1.165) is 5.69 Å². The molecule has 20 heavy (non-hydrogen) atoms. The maximum absolute atomic E-state index is 13.8. The molecule has 0 aliphatic heterocycles. The molecule has 1 saturated carbocycles. The second-order valence-electron chi connectivity index (χ2n) is 5.40. The van der Waals surface area contributed by atoms with Crippen molar-refractivity contribution < 1.29 is 9.13 Å². The molecule has 3 rings (SSSR count). The largest absolute Gasteiger partial charge is 0.484 e. The van der Waals surface area contributed by atoms with E-state index in [1.807, 2.05) is 16.9 Å². The van der Waals surface area contributed by atoms with Gasteiger partial charge in [0.2, 0.25) is 0 Å². The number of nitrogens with zero attached hydrogens (tertiary/aromatic N) is 2. The average molecular weight is 274 g/mol. The van der Waals surface area contributed by atoms with Crippen LogP contribution in [0.3, 0.4) is 0 Å². The van der Waals surface area contributed by atoms with E-state index in [2.05, 4.69) is 5.10 Å². The number of hydrogen-bond acceptors (Lipinski definition) is 2. The van der Waals surface area contributed by atoms with Gasteiger partial charge in [-0.15, -0.1) is 0 Å². The van der Waals surface area contributed by atoms with Crippen molar-refractivity contribution in [2.75, 3.05) is 0 Å². The Morgan fingerprint density at radius 2 is 2.10 bits per heavy atom. The van der Waals surface area contributed by atoms with Crippen LogP contribution in [-0.2, 0) is 6.61 Å². The third-order valence-electron chi connectivity index (χ3n) is 3.89. The number of aromatic nitrogens is 2. The molecule has 1 aliphatic rings. The summed E-state index contributed by atoms with van der Waals surface area (Å²) in [5.41, 5.74) is 1.44. The van der Waals surface area contributed by atoms with Crippen molar-refractivity contribution in [1.82, 2.24) is 9.78 Å². The molecule has 0 bridgehead atoms. The summed E-state index contributed by atoms with van der Waals surface area (Å²) in [4.78, 5) is 0. The summed E-state index contributed by atoms with van der Waals surface area (Å²) in [6.45, 7) is 2.04. The van der Waals surface area contributed by atoms with Gasteiger partial charge in [0.15, 0.2) is 11.6 Å². The summed E-state index contributed by atoms with van der Waals surface area (Å²) < 4.78 is 21.4. The molecule has 1 fully saturated rings. The van der Waals surface area contributed by atoms with E-state index in [-0.39, 0.29) is 5.82 Å². The maximum atomic E-state index is 13.8. The van der Waals surface area contributed by atoms with Gasteiger partial charge in [-0.05, 0) is 37.5 Å². The van der Waals surface area contributed by atoms with Crippen LogP contribution in [-0.4, -0.2) is 9.78 Å².